The summed E-state index contributed by atoms with van der Waals surface area (Å²) in [5, 5.41) is 3.39. The highest BCUT2D eigenvalue weighted by Gasteiger charge is 2.24. The van der Waals surface area contributed by atoms with Crippen LogP contribution in [0.1, 0.15) is 25.7 Å². The van der Waals surface area contributed by atoms with Gasteiger partial charge in [0, 0.05) is 17.6 Å². The lowest BCUT2D eigenvalue weighted by Gasteiger charge is -2.25. The number of hydrogen-bond donors (Lipinski definition) is 2. The number of anilines is 1. The van der Waals surface area contributed by atoms with Crippen LogP contribution in [-0.4, -0.2) is 19.1 Å². The molecule has 19 heavy (non-hydrogen) atoms. The van der Waals surface area contributed by atoms with Gasteiger partial charge in [-0.3, -0.25) is 4.79 Å². The quantitative estimate of drug-likeness (QED) is 0.896. The van der Waals surface area contributed by atoms with Crippen LogP contribution in [0.25, 0.3) is 0 Å². The predicted molar refractivity (Wildman–Crippen MR) is 76.6 cm³/mol. The summed E-state index contributed by atoms with van der Waals surface area (Å²) in [5.41, 5.74) is 6.54. The molecule has 1 aromatic carbocycles. The summed E-state index contributed by atoms with van der Waals surface area (Å²) >= 11 is 6.03. The van der Waals surface area contributed by atoms with Crippen molar-refractivity contribution in [2.45, 2.75) is 31.7 Å². The Balaban J connectivity index is 1.97. The molecule has 104 valence electrons. The third-order valence-corrected chi connectivity index (χ3v) is 3.86. The van der Waals surface area contributed by atoms with Crippen molar-refractivity contribution in [3.63, 3.8) is 0 Å². The molecular weight excluding hydrogens is 264 g/mol. The maximum atomic E-state index is 12.1. The molecule has 0 aliphatic heterocycles. The van der Waals surface area contributed by atoms with Crippen LogP contribution in [0, 0.1) is 5.92 Å². The fourth-order valence-electron chi connectivity index (χ4n) is 2.37. The number of amides is 1. The summed E-state index contributed by atoms with van der Waals surface area (Å²) in [5.74, 6) is 0.706. The minimum Gasteiger partial charge on any atom is -0.495 e. The van der Waals surface area contributed by atoms with Crippen LogP contribution in [0.4, 0.5) is 5.69 Å². The second kappa shape index (κ2) is 6.26. The first kappa shape index (κ1) is 14.2. The molecule has 0 bridgehead atoms. The van der Waals surface area contributed by atoms with E-state index < -0.39 is 0 Å². The summed E-state index contributed by atoms with van der Waals surface area (Å²) in [4.78, 5) is 12.1. The SMILES string of the molecule is COc1ccc(NC(=O)C2CCC(N)CC2)cc1Cl. The number of carbonyl (C=O) groups excluding carboxylic acids is 1. The smallest absolute Gasteiger partial charge is 0.227 e. The van der Waals surface area contributed by atoms with E-state index in [0.717, 1.165) is 25.7 Å². The van der Waals surface area contributed by atoms with Crippen molar-refractivity contribution in [3.05, 3.63) is 23.2 Å². The predicted octanol–water partition coefficient (Wildman–Crippen LogP) is 2.80. The molecule has 1 saturated carbocycles. The van der Waals surface area contributed by atoms with Gasteiger partial charge in [-0.1, -0.05) is 11.6 Å². The molecule has 2 rings (SSSR count). The molecular formula is C14H19ClN2O2. The van der Waals surface area contributed by atoms with Crippen molar-refractivity contribution in [3.8, 4) is 5.75 Å². The van der Waals surface area contributed by atoms with E-state index in [1.165, 1.54) is 0 Å². The highest BCUT2D eigenvalue weighted by Crippen LogP contribution is 2.29. The van der Waals surface area contributed by atoms with Crippen molar-refractivity contribution in [1.29, 1.82) is 0 Å². The summed E-state index contributed by atoms with van der Waals surface area (Å²) in [6.45, 7) is 0. The molecule has 0 atom stereocenters. The van der Waals surface area contributed by atoms with Crippen LogP contribution < -0.4 is 15.8 Å². The van der Waals surface area contributed by atoms with Crippen molar-refractivity contribution in [2.75, 3.05) is 12.4 Å². The number of benzene rings is 1. The number of ether oxygens (including phenoxy) is 1. The molecule has 0 heterocycles. The molecule has 0 radical (unpaired) electrons. The van der Waals surface area contributed by atoms with E-state index in [-0.39, 0.29) is 17.9 Å². The Morgan fingerprint density at radius 2 is 2.05 bits per heavy atom. The molecule has 1 fully saturated rings. The lowest BCUT2D eigenvalue weighted by molar-refractivity contribution is -0.120. The number of hydrogen-bond acceptors (Lipinski definition) is 3. The van der Waals surface area contributed by atoms with Crippen LogP contribution in [0.3, 0.4) is 0 Å². The molecule has 1 amide bonds. The van der Waals surface area contributed by atoms with Gasteiger partial charge in [-0.15, -0.1) is 0 Å². The Labute approximate surface area is 118 Å². The Morgan fingerprint density at radius 1 is 1.37 bits per heavy atom. The molecule has 0 aromatic heterocycles. The van der Waals surface area contributed by atoms with E-state index in [9.17, 15) is 4.79 Å². The normalized spacial score (nSPS) is 22.9. The zero-order valence-electron chi connectivity index (χ0n) is 11.0. The van der Waals surface area contributed by atoms with Crippen LogP contribution in [0.15, 0.2) is 18.2 Å². The van der Waals surface area contributed by atoms with Crippen LogP contribution in [0.5, 0.6) is 5.75 Å². The Hall–Kier alpha value is -1.26. The fourth-order valence-corrected chi connectivity index (χ4v) is 2.63. The first-order chi connectivity index (χ1) is 9.10. The molecule has 0 saturated heterocycles. The van der Waals surface area contributed by atoms with Gasteiger partial charge >= 0.3 is 0 Å². The van der Waals surface area contributed by atoms with E-state index in [4.69, 9.17) is 22.1 Å². The Morgan fingerprint density at radius 3 is 2.63 bits per heavy atom. The summed E-state index contributed by atoms with van der Waals surface area (Å²) in [6, 6.07) is 5.48. The molecule has 3 N–H and O–H groups in total. The number of methoxy groups -OCH3 is 1. The van der Waals surface area contributed by atoms with Crippen molar-refractivity contribution in [1.82, 2.24) is 0 Å². The molecule has 5 heteroatoms. The van der Waals surface area contributed by atoms with E-state index in [2.05, 4.69) is 5.32 Å². The highest BCUT2D eigenvalue weighted by atomic mass is 35.5. The summed E-state index contributed by atoms with van der Waals surface area (Å²) in [7, 11) is 1.56. The van der Waals surface area contributed by atoms with Crippen LogP contribution in [0.2, 0.25) is 5.02 Å². The van der Waals surface area contributed by atoms with Crippen LogP contribution in [-0.2, 0) is 4.79 Å². The third kappa shape index (κ3) is 3.61. The standard InChI is InChI=1S/C14H19ClN2O2/c1-19-13-7-6-11(8-12(13)15)17-14(18)9-2-4-10(16)5-3-9/h6-10H,2-5,16H2,1H3,(H,17,18). The fraction of sp³-hybridized carbons (Fsp3) is 0.500. The minimum atomic E-state index is 0.0492. The number of nitrogens with one attached hydrogen (secondary N) is 1. The number of rotatable bonds is 3. The second-order valence-electron chi connectivity index (χ2n) is 4.95. The monoisotopic (exact) mass is 282 g/mol. The van der Waals surface area contributed by atoms with Gasteiger partial charge in [-0.25, -0.2) is 0 Å². The summed E-state index contributed by atoms with van der Waals surface area (Å²) in [6.07, 6.45) is 3.55. The number of carbonyl (C=O) groups is 1. The Kier molecular flexibility index (Phi) is 4.66. The number of nitrogens with two attached hydrogens (primary N) is 1. The zero-order chi connectivity index (χ0) is 13.8. The molecule has 1 aromatic rings. The van der Waals surface area contributed by atoms with Gasteiger partial charge in [0.15, 0.2) is 0 Å². The van der Waals surface area contributed by atoms with Crippen molar-refractivity contribution >= 4 is 23.2 Å². The van der Waals surface area contributed by atoms with E-state index in [1.807, 2.05) is 0 Å². The van der Waals surface area contributed by atoms with Crippen molar-refractivity contribution < 1.29 is 9.53 Å². The summed E-state index contributed by atoms with van der Waals surface area (Å²) < 4.78 is 5.07. The van der Waals surface area contributed by atoms with Gasteiger partial charge in [0.05, 0.1) is 12.1 Å². The van der Waals surface area contributed by atoms with E-state index >= 15 is 0 Å². The molecule has 0 unspecified atom stereocenters. The van der Waals surface area contributed by atoms with E-state index in [0.29, 0.717) is 16.5 Å². The maximum absolute atomic E-state index is 12.1. The van der Waals surface area contributed by atoms with Gasteiger partial charge in [-0.2, -0.15) is 0 Å². The van der Waals surface area contributed by atoms with Crippen LogP contribution >= 0.6 is 11.6 Å². The topological polar surface area (TPSA) is 64.3 Å². The molecule has 1 aliphatic carbocycles. The first-order valence-electron chi connectivity index (χ1n) is 6.50. The van der Waals surface area contributed by atoms with Gasteiger partial charge in [0.2, 0.25) is 5.91 Å². The minimum absolute atomic E-state index is 0.0492. The average Bonchev–Trinajstić information content (AvgIpc) is 2.39. The zero-order valence-corrected chi connectivity index (χ0v) is 11.7. The largest absolute Gasteiger partial charge is 0.495 e. The average molecular weight is 283 g/mol. The Bertz CT molecular complexity index is 457. The van der Waals surface area contributed by atoms with Gasteiger partial charge in [-0.05, 0) is 43.9 Å². The molecule has 4 nitrogen and oxygen atoms in total. The highest BCUT2D eigenvalue weighted by molar-refractivity contribution is 6.32. The van der Waals surface area contributed by atoms with Gasteiger partial charge < -0.3 is 15.8 Å². The molecule has 0 spiro atoms. The lowest BCUT2D eigenvalue weighted by Crippen LogP contribution is -2.32. The third-order valence-electron chi connectivity index (χ3n) is 3.56. The number of halogens is 1. The van der Waals surface area contributed by atoms with Gasteiger partial charge in [0.25, 0.3) is 0 Å². The van der Waals surface area contributed by atoms with E-state index in [1.54, 1.807) is 25.3 Å². The maximum Gasteiger partial charge on any atom is 0.227 e. The molecule has 1 aliphatic rings. The second-order valence-corrected chi connectivity index (χ2v) is 5.36. The van der Waals surface area contributed by atoms with Gasteiger partial charge in [0.1, 0.15) is 5.75 Å². The lowest BCUT2D eigenvalue weighted by atomic mass is 9.86. The first-order valence-corrected chi connectivity index (χ1v) is 6.88. The van der Waals surface area contributed by atoms with Crippen molar-refractivity contribution in [2.24, 2.45) is 11.7 Å².